The second-order valence-corrected chi connectivity index (χ2v) is 5.72. The van der Waals surface area contributed by atoms with E-state index in [1.807, 2.05) is 39.8 Å². The summed E-state index contributed by atoms with van der Waals surface area (Å²) in [5.41, 5.74) is 0.785. The zero-order valence-corrected chi connectivity index (χ0v) is 12.2. The van der Waals surface area contributed by atoms with Gasteiger partial charge in [-0.25, -0.2) is 0 Å². The van der Waals surface area contributed by atoms with Gasteiger partial charge < -0.3 is 15.7 Å². The lowest BCUT2D eigenvalue weighted by atomic mass is 10.0. The van der Waals surface area contributed by atoms with Crippen LogP contribution in [0, 0.1) is 0 Å². The molecule has 1 rings (SSSR count). The van der Waals surface area contributed by atoms with Gasteiger partial charge in [-0.15, -0.1) is 0 Å². The summed E-state index contributed by atoms with van der Waals surface area (Å²) in [6.07, 6.45) is 0.607. The van der Waals surface area contributed by atoms with Crippen LogP contribution in [0.15, 0.2) is 24.3 Å². The predicted octanol–water partition coefficient (Wildman–Crippen LogP) is 1.83. The molecule has 19 heavy (non-hydrogen) atoms. The van der Waals surface area contributed by atoms with E-state index in [0.29, 0.717) is 6.42 Å². The van der Waals surface area contributed by atoms with Gasteiger partial charge in [-0.05, 0) is 51.4 Å². The first-order valence-corrected chi connectivity index (χ1v) is 6.65. The monoisotopic (exact) mass is 264 g/mol. The predicted molar refractivity (Wildman–Crippen MR) is 77.2 cm³/mol. The number of amides is 1. The summed E-state index contributed by atoms with van der Waals surface area (Å²) in [6.45, 7) is 8.62. The van der Waals surface area contributed by atoms with Gasteiger partial charge in [0.05, 0.1) is 6.04 Å². The number of phenols is 1. The fourth-order valence-corrected chi connectivity index (χ4v) is 1.83. The molecule has 0 bridgehead atoms. The smallest absolute Gasteiger partial charge is 0.237 e. The molecule has 0 aliphatic rings. The standard InChI is InChI=1S/C15H24N2O2/c1-5-16-13(14(19)17-15(2,3)4)10-11-6-8-12(18)9-7-11/h6-9,13,16,18H,5,10H2,1-4H3,(H,17,19)/t13-/m1/s1. The van der Waals surface area contributed by atoms with E-state index >= 15 is 0 Å². The Morgan fingerprint density at radius 2 is 1.84 bits per heavy atom. The number of likely N-dealkylation sites (N-methyl/N-ethyl adjacent to an activating group) is 1. The molecule has 3 N–H and O–H groups in total. The molecule has 0 aliphatic carbocycles. The molecule has 0 saturated carbocycles. The molecule has 1 atom stereocenters. The lowest BCUT2D eigenvalue weighted by Gasteiger charge is -2.25. The van der Waals surface area contributed by atoms with E-state index in [1.165, 1.54) is 0 Å². The van der Waals surface area contributed by atoms with E-state index in [9.17, 15) is 9.90 Å². The van der Waals surface area contributed by atoms with Crippen LogP contribution in [0.5, 0.6) is 5.75 Å². The topological polar surface area (TPSA) is 61.4 Å². The van der Waals surface area contributed by atoms with Crippen molar-refractivity contribution in [3.8, 4) is 5.75 Å². The van der Waals surface area contributed by atoms with Crippen molar-refractivity contribution in [2.24, 2.45) is 0 Å². The Morgan fingerprint density at radius 1 is 1.26 bits per heavy atom. The molecular weight excluding hydrogens is 240 g/mol. The zero-order chi connectivity index (χ0) is 14.5. The van der Waals surface area contributed by atoms with E-state index in [-0.39, 0.29) is 23.2 Å². The second kappa shape index (κ2) is 6.57. The molecule has 0 aliphatic heterocycles. The molecule has 0 unspecified atom stereocenters. The molecule has 0 heterocycles. The number of hydrogen-bond acceptors (Lipinski definition) is 3. The fraction of sp³-hybridized carbons (Fsp3) is 0.533. The molecule has 0 radical (unpaired) electrons. The SMILES string of the molecule is CCN[C@H](Cc1ccc(O)cc1)C(=O)NC(C)(C)C. The molecule has 106 valence electrons. The molecule has 0 aromatic heterocycles. The van der Waals surface area contributed by atoms with E-state index in [0.717, 1.165) is 12.1 Å². The van der Waals surface area contributed by atoms with Crippen molar-refractivity contribution in [1.29, 1.82) is 0 Å². The van der Waals surface area contributed by atoms with Gasteiger partial charge in [0.2, 0.25) is 5.91 Å². The highest BCUT2D eigenvalue weighted by Crippen LogP contribution is 2.12. The van der Waals surface area contributed by atoms with E-state index in [4.69, 9.17) is 0 Å². The molecule has 4 heteroatoms. The number of carbonyl (C=O) groups is 1. The number of hydrogen-bond donors (Lipinski definition) is 3. The van der Waals surface area contributed by atoms with Crippen LogP contribution < -0.4 is 10.6 Å². The van der Waals surface area contributed by atoms with Crippen molar-refractivity contribution in [1.82, 2.24) is 10.6 Å². The Kier molecular flexibility index (Phi) is 5.36. The third-order valence-corrected chi connectivity index (χ3v) is 2.64. The average Bonchev–Trinajstić information content (AvgIpc) is 2.29. The third-order valence-electron chi connectivity index (χ3n) is 2.64. The summed E-state index contributed by atoms with van der Waals surface area (Å²) in [7, 11) is 0. The Bertz CT molecular complexity index is 407. The molecule has 1 aromatic rings. The molecule has 1 aromatic carbocycles. The van der Waals surface area contributed by atoms with Crippen LogP contribution in [-0.4, -0.2) is 29.1 Å². The van der Waals surface area contributed by atoms with Crippen LogP contribution in [0.1, 0.15) is 33.3 Å². The van der Waals surface area contributed by atoms with Crippen LogP contribution >= 0.6 is 0 Å². The van der Waals surface area contributed by atoms with E-state index in [1.54, 1.807) is 12.1 Å². The third kappa shape index (κ3) is 5.75. The highest BCUT2D eigenvalue weighted by atomic mass is 16.3. The number of phenolic OH excluding ortho intramolecular Hbond substituents is 1. The van der Waals surface area contributed by atoms with Gasteiger partial charge in [-0.1, -0.05) is 19.1 Å². The van der Waals surface area contributed by atoms with Crippen molar-refractivity contribution < 1.29 is 9.90 Å². The number of benzene rings is 1. The molecule has 0 fully saturated rings. The van der Waals surface area contributed by atoms with Crippen molar-refractivity contribution in [3.05, 3.63) is 29.8 Å². The van der Waals surface area contributed by atoms with Crippen LogP contribution in [-0.2, 0) is 11.2 Å². The van der Waals surface area contributed by atoms with Crippen LogP contribution in [0.2, 0.25) is 0 Å². The quantitative estimate of drug-likeness (QED) is 0.760. The van der Waals surface area contributed by atoms with Gasteiger partial charge in [0, 0.05) is 5.54 Å². The van der Waals surface area contributed by atoms with Gasteiger partial charge >= 0.3 is 0 Å². The first kappa shape index (κ1) is 15.5. The average molecular weight is 264 g/mol. The van der Waals surface area contributed by atoms with Crippen LogP contribution in [0.25, 0.3) is 0 Å². The maximum atomic E-state index is 12.2. The first-order valence-electron chi connectivity index (χ1n) is 6.65. The highest BCUT2D eigenvalue weighted by molar-refractivity contribution is 5.82. The summed E-state index contributed by atoms with van der Waals surface area (Å²) >= 11 is 0. The normalized spacial score (nSPS) is 13.1. The second-order valence-electron chi connectivity index (χ2n) is 5.72. The largest absolute Gasteiger partial charge is 0.508 e. The number of carbonyl (C=O) groups excluding carboxylic acids is 1. The molecular formula is C15H24N2O2. The van der Waals surface area contributed by atoms with Gasteiger partial charge in [-0.3, -0.25) is 4.79 Å². The lowest BCUT2D eigenvalue weighted by molar-refractivity contribution is -0.124. The minimum Gasteiger partial charge on any atom is -0.508 e. The van der Waals surface area contributed by atoms with Crippen molar-refractivity contribution in [2.75, 3.05) is 6.54 Å². The number of rotatable bonds is 5. The van der Waals surface area contributed by atoms with Gasteiger partial charge in [-0.2, -0.15) is 0 Å². The summed E-state index contributed by atoms with van der Waals surface area (Å²) in [6, 6.07) is 6.70. The first-order chi connectivity index (χ1) is 8.81. The Labute approximate surface area is 115 Å². The van der Waals surface area contributed by atoms with Crippen molar-refractivity contribution >= 4 is 5.91 Å². The summed E-state index contributed by atoms with van der Waals surface area (Å²) in [5.74, 6) is 0.241. The van der Waals surface area contributed by atoms with Crippen molar-refractivity contribution in [2.45, 2.75) is 45.7 Å². The number of aromatic hydroxyl groups is 1. The molecule has 0 saturated heterocycles. The summed E-state index contributed by atoms with van der Waals surface area (Å²) in [4.78, 5) is 12.2. The van der Waals surface area contributed by atoms with E-state index < -0.39 is 0 Å². The highest BCUT2D eigenvalue weighted by Gasteiger charge is 2.22. The van der Waals surface area contributed by atoms with Crippen molar-refractivity contribution in [3.63, 3.8) is 0 Å². The fourth-order valence-electron chi connectivity index (χ4n) is 1.83. The van der Waals surface area contributed by atoms with Crippen LogP contribution in [0.4, 0.5) is 0 Å². The molecule has 1 amide bonds. The van der Waals surface area contributed by atoms with Crippen LogP contribution in [0.3, 0.4) is 0 Å². The lowest BCUT2D eigenvalue weighted by Crippen LogP contribution is -2.51. The molecule has 4 nitrogen and oxygen atoms in total. The number of nitrogens with one attached hydrogen (secondary N) is 2. The van der Waals surface area contributed by atoms with E-state index in [2.05, 4.69) is 10.6 Å². The summed E-state index contributed by atoms with van der Waals surface area (Å²) in [5, 5.41) is 15.4. The Hall–Kier alpha value is -1.55. The van der Waals surface area contributed by atoms with Gasteiger partial charge in [0.1, 0.15) is 5.75 Å². The minimum atomic E-state index is -0.256. The Morgan fingerprint density at radius 3 is 2.32 bits per heavy atom. The summed E-state index contributed by atoms with van der Waals surface area (Å²) < 4.78 is 0. The maximum absolute atomic E-state index is 12.2. The zero-order valence-electron chi connectivity index (χ0n) is 12.2. The van der Waals surface area contributed by atoms with Gasteiger partial charge in [0.15, 0.2) is 0 Å². The van der Waals surface area contributed by atoms with Gasteiger partial charge in [0.25, 0.3) is 0 Å². The molecule has 0 spiro atoms. The maximum Gasteiger partial charge on any atom is 0.237 e. The Balaban J connectivity index is 2.72. The minimum absolute atomic E-state index is 0.00225.